The lowest BCUT2D eigenvalue weighted by Gasteiger charge is -2.17. The van der Waals surface area contributed by atoms with Crippen LogP contribution in [-0.2, 0) is 15.8 Å². The van der Waals surface area contributed by atoms with Gasteiger partial charge >= 0.3 is 18.0 Å². The highest BCUT2D eigenvalue weighted by Crippen LogP contribution is 2.34. The average Bonchev–Trinajstić information content (AvgIpc) is 2.67. The molecule has 28 heavy (non-hydrogen) atoms. The lowest BCUT2D eigenvalue weighted by molar-refractivity contribution is -0.138. The van der Waals surface area contributed by atoms with E-state index in [1.807, 2.05) is 35.6 Å². The molecule has 1 atom stereocenters. The van der Waals surface area contributed by atoms with E-state index < -0.39 is 29.2 Å². The van der Waals surface area contributed by atoms with Gasteiger partial charge in [0.15, 0.2) is 0 Å². The summed E-state index contributed by atoms with van der Waals surface area (Å²) in [5.41, 5.74) is -0.504. The second-order valence-electron chi connectivity index (χ2n) is 6.16. The highest BCUT2D eigenvalue weighted by molar-refractivity contribution is 6.39. The Morgan fingerprint density at radius 3 is 2.21 bits per heavy atom. The number of nitrogens with one attached hydrogen (secondary N) is 2. The van der Waals surface area contributed by atoms with Gasteiger partial charge in [-0.15, -0.1) is 0 Å². The molecule has 0 aliphatic carbocycles. The molecule has 0 saturated heterocycles. The lowest BCUT2D eigenvalue weighted by Crippen LogP contribution is -2.36. The van der Waals surface area contributed by atoms with Crippen molar-refractivity contribution in [2.75, 3.05) is 18.5 Å². The summed E-state index contributed by atoms with van der Waals surface area (Å²) in [6, 6.07) is 13.9. The zero-order valence-electron chi connectivity index (χ0n) is 15.0. The molecule has 0 heterocycles. The number of benzene rings is 2. The van der Waals surface area contributed by atoms with Crippen molar-refractivity contribution < 1.29 is 27.9 Å². The lowest BCUT2D eigenvalue weighted by atomic mass is 9.93. The number of carbonyl (C=O) groups excluding carboxylic acids is 2. The Bertz CT molecular complexity index is 795. The average molecular weight is 394 g/mol. The Balaban J connectivity index is 1.92. The highest BCUT2D eigenvalue weighted by atomic mass is 19.4. The molecule has 0 aromatic heterocycles. The number of carbonyl (C=O) groups is 2. The Labute approximate surface area is 160 Å². The SMILES string of the molecule is O=C(NCCC(CCO)c1ccccc1)C(=O)Nc1ccccc1C(F)(F)F. The number of anilines is 1. The standard InChI is InChI=1S/C20H21F3N2O3/c21-20(22,23)16-8-4-5-9-17(16)25-19(28)18(27)24-12-10-15(11-13-26)14-6-2-1-3-7-14/h1-9,15,26H,10-13H2,(H,24,27)(H,25,28). The van der Waals surface area contributed by atoms with Gasteiger partial charge < -0.3 is 15.7 Å². The molecular weight excluding hydrogens is 373 g/mol. The number of aliphatic hydroxyl groups is 1. The summed E-state index contributed by atoms with van der Waals surface area (Å²) in [4.78, 5) is 23.9. The summed E-state index contributed by atoms with van der Waals surface area (Å²) in [7, 11) is 0. The molecular formula is C20H21F3N2O3. The van der Waals surface area contributed by atoms with Gasteiger partial charge in [-0.1, -0.05) is 42.5 Å². The van der Waals surface area contributed by atoms with Crippen molar-refractivity contribution in [3.8, 4) is 0 Å². The first kappa shape index (κ1) is 21.4. The minimum Gasteiger partial charge on any atom is -0.396 e. The second kappa shape index (κ2) is 9.89. The molecule has 8 heteroatoms. The summed E-state index contributed by atoms with van der Waals surface area (Å²) in [5, 5.41) is 13.6. The number of halogens is 3. The normalized spacial score (nSPS) is 12.3. The third-order valence-corrected chi connectivity index (χ3v) is 4.21. The van der Waals surface area contributed by atoms with E-state index in [0.717, 1.165) is 17.7 Å². The molecule has 1 unspecified atom stereocenters. The van der Waals surface area contributed by atoms with Crippen LogP contribution in [0.2, 0.25) is 0 Å². The van der Waals surface area contributed by atoms with Gasteiger partial charge in [0, 0.05) is 13.2 Å². The molecule has 2 aromatic rings. The van der Waals surface area contributed by atoms with Gasteiger partial charge in [0.05, 0.1) is 11.3 Å². The first-order chi connectivity index (χ1) is 13.3. The van der Waals surface area contributed by atoms with Crippen molar-refractivity contribution in [3.63, 3.8) is 0 Å². The summed E-state index contributed by atoms with van der Waals surface area (Å²) >= 11 is 0. The molecule has 0 spiro atoms. The molecule has 2 aromatic carbocycles. The van der Waals surface area contributed by atoms with E-state index in [1.165, 1.54) is 12.1 Å². The zero-order chi connectivity index (χ0) is 20.6. The highest BCUT2D eigenvalue weighted by Gasteiger charge is 2.34. The number of rotatable bonds is 7. The Hall–Kier alpha value is -2.87. The van der Waals surface area contributed by atoms with Crippen LogP contribution in [0.5, 0.6) is 0 Å². The first-order valence-electron chi connectivity index (χ1n) is 8.74. The molecule has 2 amide bonds. The van der Waals surface area contributed by atoms with Crippen LogP contribution < -0.4 is 10.6 Å². The summed E-state index contributed by atoms with van der Waals surface area (Å²) in [6.45, 7) is 0.120. The molecule has 0 fully saturated rings. The van der Waals surface area contributed by atoms with Gasteiger partial charge in [-0.2, -0.15) is 13.2 Å². The van der Waals surface area contributed by atoms with E-state index in [-0.39, 0.29) is 19.1 Å². The zero-order valence-corrected chi connectivity index (χ0v) is 15.0. The number of para-hydroxylation sites is 1. The van der Waals surface area contributed by atoms with Crippen LogP contribution in [0.4, 0.5) is 18.9 Å². The predicted octanol–water partition coefficient (Wildman–Crippen LogP) is 3.32. The van der Waals surface area contributed by atoms with Crippen LogP contribution in [0, 0.1) is 0 Å². The van der Waals surface area contributed by atoms with Gasteiger partial charge in [0.2, 0.25) is 0 Å². The molecule has 150 valence electrons. The molecule has 2 rings (SSSR count). The maximum atomic E-state index is 13.0. The van der Waals surface area contributed by atoms with Crippen molar-refractivity contribution in [1.82, 2.24) is 5.32 Å². The number of amides is 2. The van der Waals surface area contributed by atoms with Crippen molar-refractivity contribution in [3.05, 3.63) is 65.7 Å². The molecule has 0 aliphatic rings. The molecule has 5 nitrogen and oxygen atoms in total. The summed E-state index contributed by atoms with van der Waals surface area (Å²) in [5.74, 6) is -2.21. The van der Waals surface area contributed by atoms with Gasteiger partial charge in [-0.05, 0) is 36.5 Å². The molecule has 0 aliphatic heterocycles. The molecule has 3 N–H and O–H groups in total. The van der Waals surface area contributed by atoms with E-state index >= 15 is 0 Å². The van der Waals surface area contributed by atoms with E-state index in [2.05, 4.69) is 5.32 Å². The Morgan fingerprint density at radius 1 is 0.929 bits per heavy atom. The van der Waals surface area contributed by atoms with E-state index in [9.17, 15) is 27.9 Å². The topological polar surface area (TPSA) is 78.4 Å². The van der Waals surface area contributed by atoms with E-state index in [1.54, 1.807) is 0 Å². The Kier molecular flexibility index (Phi) is 7.57. The van der Waals surface area contributed by atoms with Crippen LogP contribution in [0.15, 0.2) is 54.6 Å². The van der Waals surface area contributed by atoms with Gasteiger partial charge in [-0.3, -0.25) is 9.59 Å². The fourth-order valence-electron chi connectivity index (χ4n) is 2.82. The first-order valence-corrected chi connectivity index (χ1v) is 8.74. The quantitative estimate of drug-likeness (QED) is 0.631. The van der Waals surface area contributed by atoms with Crippen molar-refractivity contribution >= 4 is 17.5 Å². The maximum Gasteiger partial charge on any atom is 0.418 e. The fourth-order valence-corrected chi connectivity index (χ4v) is 2.82. The van der Waals surface area contributed by atoms with Gasteiger partial charge in [0.1, 0.15) is 0 Å². The van der Waals surface area contributed by atoms with Crippen LogP contribution in [0.1, 0.15) is 29.9 Å². The number of hydrogen-bond acceptors (Lipinski definition) is 3. The minimum absolute atomic E-state index is 0.0134. The van der Waals surface area contributed by atoms with Crippen LogP contribution in [-0.4, -0.2) is 30.1 Å². The molecule has 0 saturated carbocycles. The Morgan fingerprint density at radius 2 is 1.57 bits per heavy atom. The third-order valence-electron chi connectivity index (χ3n) is 4.21. The van der Waals surface area contributed by atoms with Crippen LogP contribution in [0.25, 0.3) is 0 Å². The number of aliphatic hydroxyl groups excluding tert-OH is 1. The van der Waals surface area contributed by atoms with Crippen molar-refractivity contribution in [2.24, 2.45) is 0 Å². The predicted molar refractivity (Wildman–Crippen MR) is 98.6 cm³/mol. The van der Waals surface area contributed by atoms with Crippen LogP contribution in [0.3, 0.4) is 0 Å². The number of hydrogen-bond donors (Lipinski definition) is 3. The molecule has 0 bridgehead atoms. The monoisotopic (exact) mass is 394 g/mol. The number of alkyl halides is 3. The van der Waals surface area contributed by atoms with E-state index in [0.29, 0.717) is 12.8 Å². The maximum absolute atomic E-state index is 13.0. The second-order valence-corrected chi connectivity index (χ2v) is 6.16. The van der Waals surface area contributed by atoms with Gasteiger partial charge in [0.25, 0.3) is 0 Å². The summed E-state index contributed by atoms with van der Waals surface area (Å²) < 4.78 is 38.9. The third kappa shape index (κ3) is 6.09. The fraction of sp³-hybridized carbons (Fsp3) is 0.300. The van der Waals surface area contributed by atoms with Crippen molar-refractivity contribution in [2.45, 2.75) is 24.9 Å². The molecule has 0 radical (unpaired) electrons. The van der Waals surface area contributed by atoms with E-state index in [4.69, 9.17) is 0 Å². The minimum atomic E-state index is -4.65. The smallest absolute Gasteiger partial charge is 0.396 e. The summed E-state index contributed by atoms with van der Waals surface area (Å²) in [6.07, 6.45) is -3.68. The van der Waals surface area contributed by atoms with Gasteiger partial charge in [-0.25, -0.2) is 0 Å². The van der Waals surface area contributed by atoms with Crippen LogP contribution >= 0.6 is 0 Å². The van der Waals surface area contributed by atoms with Crippen molar-refractivity contribution in [1.29, 1.82) is 0 Å². The largest absolute Gasteiger partial charge is 0.418 e.